The van der Waals surface area contributed by atoms with Crippen LogP contribution in [0, 0.1) is 0 Å². The maximum absolute atomic E-state index is 3.32. The molecule has 0 amide bonds. The minimum Gasteiger partial charge on any atom is -0.361 e. The smallest absolute Gasteiger partial charge is 0.0453 e. The number of fused-ring (bicyclic) bond motifs is 1. The maximum atomic E-state index is 3.32. The van der Waals surface area contributed by atoms with E-state index in [1.807, 2.05) is 18.3 Å². The predicted molar refractivity (Wildman–Crippen MR) is 65.0 cm³/mol. The lowest BCUT2D eigenvalue weighted by atomic mass is 10.3. The molecular weight excluding hydrogens is 184 g/mol. The fourth-order valence-electron chi connectivity index (χ4n) is 1.85. The third kappa shape index (κ3) is 2.83. The fraction of sp³-hybridized carbons (Fsp3) is 0.385. The zero-order chi connectivity index (χ0) is 10.5. The van der Waals surface area contributed by atoms with E-state index < -0.39 is 0 Å². The van der Waals surface area contributed by atoms with Gasteiger partial charge in [0.1, 0.15) is 0 Å². The molecule has 1 fully saturated rings. The van der Waals surface area contributed by atoms with Gasteiger partial charge in [0.25, 0.3) is 0 Å². The van der Waals surface area contributed by atoms with Crippen LogP contribution in [0.25, 0.3) is 10.9 Å². The number of H-pyrrole nitrogens is 1. The van der Waals surface area contributed by atoms with E-state index >= 15 is 0 Å². The van der Waals surface area contributed by atoms with E-state index in [0.717, 1.165) is 6.04 Å². The minimum absolute atomic E-state index is 0.796. The van der Waals surface area contributed by atoms with Crippen molar-refractivity contribution in [1.29, 1.82) is 0 Å². The first-order valence-corrected chi connectivity index (χ1v) is 5.62. The average Bonchev–Trinajstić information content (AvgIpc) is 2.88. The van der Waals surface area contributed by atoms with Crippen LogP contribution in [0.5, 0.6) is 0 Å². The van der Waals surface area contributed by atoms with Gasteiger partial charge >= 0.3 is 0 Å². The Bertz CT molecular complexity index is 369. The zero-order valence-electron chi connectivity index (χ0n) is 9.16. The third-order valence-electron chi connectivity index (χ3n) is 2.77. The quantitative estimate of drug-likeness (QED) is 0.675. The summed E-state index contributed by atoms with van der Waals surface area (Å²) in [5.74, 6) is 0. The summed E-state index contributed by atoms with van der Waals surface area (Å²) in [5, 5.41) is 4.59. The van der Waals surface area contributed by atoms with Gasteiger partial charge in [0.2, 0.25) is 0 Å². The van der Waals surface area contributed by atoms with E-state index in [1.54, 1.807) is 0 Å². The second-order valence-electron chi connectivity index (χ2n) is 4.06. The normalized spacial score (nSPS) is 19.9. The van der Waals surface area contributed by atoms with Gasteiger partial charge in [-0.05, 0) is 43.8 Å². The van der Waals surface area contributed by atoms with Crippen LogP contribution in [0.15, 0.2) is 36.5 Å². The van der Waals surface area contributed by atoms with E-state index in [2.05, 4.69) is 35.4 Å². The Balaban J connectivity index is 0.000000124. The Morgan fingerprint density at radius 1 is 1.20 bits per heavy atom. The molecule has 2 heteroatoms. The lowest BCUT2D eigenvalue weighted by Gasteiger charge is -1.95. The molecule has 15 heavy (non-hydrogen) atoms. The highest BCUT2D eigenvalue weighted by atomic mass is 14.9. The molecule has 2 N–H and O–H groups in total. The molecule has 1 aromatic carbocycles. The van der Waals surface area contributed by atoms with E-state index in [1.165, 1.54) is 30.3 Å². The molecule has 0 saturated carbocycles. The molecule has 1 saturated heterocycles. The molecule has 2 aromatic rings. The molecule has 0 spiro atoms. The van der Waals surface area contributed by atoms with Gasteiger partial charge in [-0.25, -0.2) is 0 Å². The van der Waals surface area contributed by atoms with E-state index in [-0.39, 0.29) is 0 Å². The number of rotatable bonds is 0. The average molecular weight is 202 g/mol. The molecule has 3 rings (SSSR count). The van der Waals surface area contributed by atoms with Crippen molar-refractivity contribution in [1.82, 2.24) is 10.3 Å². The van der Waals surface area contributed by atoms with Crippen LogP contribution < -0.4 is 5.32 Å². The number of aromatic nitrogens is 1. The molecule has 1 aromatic heterocycles. The highest BCUT2D eigenvalue weighted by molar-refractivity contribution is 5.78. The second kappa shape index (κ2) is 4.99. The Labute approximate surface area is 90.7 Å². The first-order chi connectivity index (χ1) is 7.36. The highest BCUT2D eigenvalue weighted by Crippen LogP contribution is 2.09. The molecule has 0 bridgehead atoms. The molecule has 80 valence electrons. The first kappa shape index (κ1) is 10.2. The Morgan fingerprint density at radius 2 is 2.07 bits per heavy atom. The lowest BCUT2D eigenvalue weighted by Crippen LogP contribution is -2.16. The van der Waals surface area contributed by atoms with Crippen LogP contribution in [-0.2, 0) is 0 Å². The molecule has 1 aliphatic heterocycles. The Kier molecular flexibility index (Phi) is 3.41. The highest BCUT2D eigenvalue weighted by Gasteiger charge is 2.05. The Hall–Kier alpha value is -1.28. The van der Waals surface area contributed by atoms with Gasteiger partial charge in [0.15, 0.2) is 0 Å². The van der Waals surface area contributed by atoms with Gasteiger partial charge in [-0.1, -0.05) is 18.2 Å². The number of benzene rings is 1. The van der Waals surface area contributed by atoms with Crippen molar-refractivity contribution in [2.75, 3.05) is 6.54 Å². The van der Waals surface area contributed by atoms with Crippen LogP contribution in [-0.4, -0.2) is 17.6 Å². The van der Waals surface area contributed by atoms with Crippen molar-refractivity contribution < 1.29 is 0 Å². The molecular formula is C13H18N2. The van der Waals surface area contributed by atoms with Gasteiger partial charge in [0, 0.05) is 17.8 Å². The number of aromatic amines is 1. The topological polar surface area (TPSA) is 27.8 Å². The number of para-hydroxylation sites is 1. The summed E-state index contributed by atoms with van der Waals surface area (Å²) in [6, 6.07) is 11.1. The summed E-state index contributed by atoms with van der Waals surface area (Å²) in [4.78, 5) is 3.12. The van der Waals surface area contributed by atoms with Crippen LogP contribution >= 0.6 is 0 Å². The van der Waals surface area contributed by atoms with Gasteiger partial charge < -0.3 is 10.3 Å². The van der Waals surface area contributed by atoms with E-state index in [9.17, 15) is 0 Å². The monoisotopic (exact) mass is 202 g/mol. The SMILES string of the molecule is CC1CCCN1.c1ccc2[nH]ccc2c1. The lowest BCUT2D eigenvalue weighted by molar-refractivity contribution is 0.664. The third-order valence-corrected chi connectivity index (χ3v) is 2.77. The summed E-state index contributed by atoms with van der Waals surface area (Å²) in [6.45, 7) is 3.47. The summed E-state index contributed by atoms with van der Waals surface area (Å²) < 4.78 is 0. The number of nitrogens with one attached hydrogen (secondary N) is 2. The van der Waals surface area contributed by atoms with Crippen LogP contribution in [0.3, 0.4) is 0 Å². The Morgan fingerprint density at radius 3 is 2.67 bits per heavy atom. The van der Waals surface area contributed by atoms with Crippen LogP contribution in [0.2, 0.25) is 0 Å². The summed E-state index contributed by atoms with van der Waals surface area (Å²) in [7, 11) is 0. The molecule has 0 aliphatic carbocycles. The molecule has 1 unspecified atom stereocenters. The summed E-state index contributed by atoms with van der Waals surface area (Å²) in [6.07, 6.45) is 4.70. The molecule has 1 atom stereocenters. The predicted octanol–water partition coefficient (Wildman–Crippen LogP) is 2.93. The minimum atomic E-state index is 0.796. The van der Waals surface area contributed by atoms with Crippen molar-refractivity contribution >= 4 is 10.9 Å². The van der Waals surface area contributed by atoms with E-state index in [4.69, 9.17) is 0 Å². The molecule has 2 heterocycles. The van der Waals surface area contributed by atoms with Gasteiger partial charge in [-0.15, -0.1) is 0 Å². The van der Waals surface area contributed by atoms with Crippen LogP contribution in [0.1, 0.15) is 19.8 Å². The van der Waals surface area contributed by atoms with Crippen molar-refractivity contribution in [2.45, 2.75) is 25.8 Å². The largest absolute Gasteiger partial charge is 0.361 e. The standard InChI is InChI=1S/C8H7N.C5H11N/c1-2-4-8-7(3-1)5-6-9-8;1-5-3-2-4-6-5/h1-6,9H;5-6H,2-4H2,1H3. The summed E-state index contributed by atoms with van der Waals surface area (Å²) >= 11 is 0. The van der Waals surface area contributed by atoms with Crippen LogP contribution in [0.4, 0.5) is 0 Å². The van der Waals surface area contributed by atoms with Gasteiger partial charge in [-0.3, -0.25) is 0 Å². The summed E-state index contributed by atoms with van der Waals surface area (Å²) in [5.41, 5.74) is 1.21. The second-order valence-corrected chi connectivity index (χ2v) is 4.06. The van der Waals surface area contributed by atoms with Crippen molar-refractivity contribution in [2.24, 2.45) is 0 Å². The molecule has 0 radical (unpaired) electrons. The maximum Gasteiger partial charge on any atom is 0.0453 e. The van der Waals surface area contributed by atoms with Gasteiger partial charge in [-0.2, -0.15) is 0 Å². The van der Waals surface area contributed by atoms with Crippen molar-refractivity contribution in [3.05, 3.63) is 36.5 Å². The van der Waals surface area contributed by atoms with Gasteiger partial charge in [0.05, 0.1) is 0 Å². The molecule has 2 nitrogen and oxygen atoms in total. The zero-order valence-corrected chi connectivity index (χ0v) is 9.16. The fourth-order valence-corrected chi connectivity index (χ4v) is 1.85. The molecule has 1 aliphatic rings. The first-order valence-electron chi connectivity index (χ1n) is 5.62. The number of hydrogen-bond donors (Lipinski definition) is 2. The van der Waals surface area contributed by atoms with E-state index in [0.29, 0.717) is 0 Å². The van der Waals surface area contributed by atoms with Crippen molar-refractivity contribution in [3.8, 4) is 0 Å². The number of hydrogen-bond acceptors (Lipinski definition) is 1. The van der Waals surface area contributed by atoms with Crippen molar-refractivity contribution in [3.63, 3.8) is 0 Å².